The third kappa shape index (κ3) is 5.11. The van der Waals surface area contributed by atoms with Gasteiger partial charge < -0.3 is 9.47 Å². The van der Waals surface area contributed by atoms with Crippen LogP contribution < -0.4 is 14.9 Å². The normalized spacial score (nSPS) is 10.6. The molecule has 1 N–H and O–H groups in total. The van der Waals surface area contributed by atoms with Crippen LogP contribution in [0.3, 0.4) is 0 Å². The number of ether oxygens (including phenoxy) is 2. The Hall–Kier alpha value is -3.31. The quantitative estimate of drug-likeness (QED) is 0.467. The van der Waals surface area contributed by atoms with E-state index in [1.165, 1.54) is 7.11 Å². The summed E-state index contributed by atoms with van der Waals surface area (Å²) < 4.78 is 10.9. The van der Waals surface area contributed by atoms with Gasteiger partial charge in [0, 0.05) is 10.6 Å². The number of carbonyl (C=O) groups excluding carboxylic acids is 1. The second kappa shape index (κ2) is 9.58. The standard InChI is InChI=1S/C22H19ClN2O3/c1-27-21-9-5-3-7-19(21)22(26)25-24-14-16-10-12-18(13-11-16)28-15-17-6-2-4-8-20(17)23/h2-14H,15H2,1H3,(H,25,26)/b24-14+. The molecule has 0 radical (unpaired) electrons. The van der Waals surface area contributed by atoms with Crippen LogP contribution in [-0.2, 0) is 6.61 Å². The molecule has 3 rings (SSSR count). The highest BCUT2D eigenvalue weighted by molar-refractivity contribution is 6.31. The number of hydrogen-bond donors (Lipinski definition) is 1. The first kappa shape index (κ1) is 19.5. The number of nitrogens with one attached hydrogen (secondary N) is 1. The lowest BCUT2D eigenvalue weighted by atomic mass is 10.2. The molecule has 0 unspecified atom stereocenters. The number of methoxy groups -OCH3 is 1. The van der Waals surface area contributed by atoms with Crippen molar-refractivity contribution in [2.45, 2.75) is 6.61 Å². The Kier molecular flexibility index (Phi) is 6.65. The maximum absolute atomic E-state index is 12.2. The maximum atomic E-state index is 12.2. The van der Waals surface area contributed by atoms with Gasteiger partial charge in [-0.1, -0.05) is 41.9 Å². The molecule has 0 spiro atoms. The van der Waals surface area contributed by atoms with Gasteiger partial charge in [-0.3, -0.25) is 4.79 Å². The van der Waals surface area contributed by atoms with Crippen LogP contribution in [0.1, 0.15) is 21.5 Å². The Balaban J connectivity index is 1.55. The summed E-state index contributed by atoms with van der Waals surface area (Å²) in [5.74, 6) is 0.874. The van der Waals surface area contributed by atoms with Gasteiger partial charge in [0.25, 0.3) is 5.91 Å². The van der Waals surface area contributed by atoms with Crippen LogP contribution in [0.15, 0.2) is 77.9 Å². The lowest BCUT2D eigenvalue weighted by molar-refractivity contribution is 0.0952. The average Bonchev–Trinajstić information content (AvgIpc) is 2.74. The van der Waals surface area contributed by atoms with Gasteiger partial charge in [-0.15, -0.1) is 0 Å². The highest BCUT2D eigenvalue weighted by Gasteiger charge is 2.09. The van der Waals surface area contributed by atoms with E-state index in [0.29, 0.717) is 22.9 Å². The van der Waals surface area contributed by atoms with Crippen LogP contribution in [0.4, 0.5) is 0 Å². The Morgan fingerprint density at radius 1 is 1.04 bits per heavy atom. The summed E-state index contributed by atoms with van der Waals surface area (Å²) in [7, 11) is 1.52. The minimum atomic E-state index is -0.339. The van der Waals surface area contributed by atoms with Gasteiger partial charge in [0.2, 0.25) is 0 Å². The molecule has 3 aromatic rings. The molecule has 142 valence electrons. The summed E-state index contributed by atoms with van der Waals surface area (Å²) >= 11 is 6.12. The molecule has 0 bridgehead atoms. The predicted molar refractivity (Wildman–Crippen MR) is 110 cm³/mol. The summed E-state index contributed by atoms with van der Waals surface area (Å²) in [5.41, 5.74) is 4.67. The first-order valence-electron chi connectivity index (χ1n) is 8.60. The van der Waals surface area contributed by atoms with Gasteiger partial charge in [-0.25, -0.2) is 5.43 Å². The fourth-order valence-electron chi connectivity index (χ4n) is 2.48. The van der Waals surface area contributed by atoms with Crippen molar-refractivity contribution in [2.24, 2.45) is 5.10 Å². The van der Waals surface area contributed by atoms with E-state index in [4.69, 9.17) is 21.1 Å². The second-order valence-electron chi connectivity index (χ2n) is 5.85. The molecule has 0 aromatic heterocycles. The lowest BCUT2D eigenvalue weighted by Gasteiger charge is -2.08. The number of carbonyl (C=O) groups is 1. The number of nitrogens with zero attached hydrogens (tertiary/aromatic N) is 1. The second-order valence-corrected chi connectivity index (χ2v) is 6.26. The van der Waals surface area contributed by atoms with Crippen LogP contribution in [0.5, 0.6) is 11.5 Å². The third-order valence-electron chi connectivity index (χ3n) is 3.96. The zero-order chi connectivity index (χ0) is 19.8. The molecule has 0 aliphatic carbocycles. The van der Waals surface area contributed by atoms with Gasteiger partial charge in [0.15, 0.2) is 0 Å². The Morgan fingerprint density at radius 3 is 2.50 bits per heavy atom. The Morgan fingerprint density at radius 2 is 1.75 bits per heavy atom. The molecule has 0 aliphatic rings. The Bertz CT molecular complexity index is 972. The number of amides is 1. The maximum Gasteiger partial charge on any atom is 0.275 e. The molecule has 28 heavy (non-hydrogen) atoms. The van der Waals surface area contributed by atoms with Crippen molar-refractivity contribution < 1.29 is 14.3 Å². The highest BCUT2D eigenvalue weighted by Crippen LogP contribution is 2.19. The molecule has 6 heteroatoms. The molecule has 0 atom stereocenters. The van der Waals surface area contributed by atoms with Crippen molar-refractivity contribution in [3.63, 3.8) is 0 Å². The monoisotopic (exact) mass is 394 g/mol. The van der Waals surface area contributed by atoms with Crippen LogP contribution in [0.2, 0.25) is 5.02 Å². The lowest BCUT2D eigenvalue weighted by Crippen LogP contribution is -2.18. The molecule has 0 fully saturated rings. The van der Waals surface area contributed by atoms with Crippen molar-refractivity contribution >= 4 is 23.7 Å². The van der Waals surface area contributed by atoms with Gasteiger partial charge in [-0.05, 0) is 48.0 Å². The zero-order valence-corrected chi connectivity index (χ0v) is 16.0. The summed E-state index contributed by atoms with van der Waals surface area (Å²) in [6.07, 6.45) is 1.56. The summed E-state index contributed by atoms with van der Waals surface area (Å²) in [6, 6.07) is 21.9. The van der Waals surface area contributed by atoms with E-state index >= 15 is 0 Å². The van der Waals surface area contributed by atoms with Crippen molar-refractivity contribution in [1.82, 2.24) is 5.43 Å². The highest BCUT2D eigenvalue weighted by atomic mass is 35.5. The fourth-order valence-corrected chi connectivity index (χ4v) is 2.67. The number of halogens is 1. The van der Waals surface area contributed by atoms with E-state index < -0.39 is 0 Å². The predicted octanol–water partition coefficient (Wildman–Crippen LogP) is 4.69. The number of hydrazone groups is 1. The molecule has 0 saturated carbocycles. The van der Waals surface area contributed by atoms with E-state index in [1.54, 1.807) is 30.5 Å². The number of rotatable bonds is 7. The van der Waals surface area contributed by atoms with Crippen molar-refractivity contribution in [1.29, 1.82) is 0 Å². The van der Waals surface area contributed by atoms with E-state index in [0.717, 1.165) is 16.9 Å². The minimum absolute atomic E-state index is 0.339. The van der Waals surface area contributed by atoms with Crippen molar-refractivity contribution in [3.8, 4) is 11.5 Å². The first-order chi connectivity index (χ1) is 13.7. The van der Waals surface area contributed by atoms with Crippen LogP contribution in [-0.4, -0.2) is 19.2 Å². The number of benzene rings is 3. The van der Waals surface area contributed by atoms with E-state index in [-0.39, 0.29) is 5.91 Å². The minimum Gasteiger partial charge on any atom is -0.496 e. The van der Waals surface area contributed by atoms with Gasteiger partial charge in [0.1, 0.15) is 18.1 Å². The number of hydrogen-bond acceptors (Lipinski definition) is 4. The molecule has 0 saturated heterocycles. The Labute approximate surface area is 168 Å². The van der Waals surface area contributed by atoms with Crippen LogP contribution in [0.25, 0.3) is 0 Å². The van der Waals surface area contributed by atoms with E-state index in [2.05, 4.69) is 10.5 Å². The number of para-hydroxylation sites is 1. The molecule has 5 nitrogen and oxygen atoms in total. The molecule has 3 aromatic carbocycles. The molecular weight excluding hydrogens is 376 g/mol. The summed E-state index contributed by atoms with van der Waals surface area (Å²) in [6.45, 7) is 0.391. The third-order valence-corrected chi connectivity index (χ3v) is 4.33. The molecule has 1 amide bonds. The smallest absolute Gasteiger partial charge is 0.275 e. The van der Waals surface area contributed by atoms with E-state index in [9.17, 15) is 4.79 Å². The van der Waals surface area contributed by atoms with Crippen LogP contribution in [0, 0.1) is 0 Å². The molecular formula is C22H19ClN2O3. The largest absolute Gasteiger partial charge is 0.496 e. The van der Waals surface area contributed by atoms with Crippen molar-refractivity contribution in [2.75, 3.05) is 7.11 Å². The summed E-state index contributed by atoms with van der Waals surface area (Å²) in [5, 5.41) is 4.67. The van der Waals surface area contributed by atoms with Gasteiger partial charge in [-0.2, -0.15) is 5.10 Å². The average molecular weight is 395 g/mol. The zero-order valence-electron chi connectivity index (χ0n) is 15.3. The molecule has 0 heterocycles. The van der Waals surface area contributed by atoms with Crippen LogP contribution >= 0.6 is 11.6 Å². The molecule has 0 aliphatic heterocycles. The van der Waals surface area contributed by atoms with Gasteiger partial charge >= 0.3 is 0 Å². The van der Waals surface area contributed by atoms with Gasteiger partial charge in [0.05, 0.1) is 18.9 Å². The first-order valence-corrected chi connectivity index (χ1v) is 8.98. The van der Waals surface area contributed by atoms with E-state index in [1.807, 2.05) is 48.5 Å². The van der Waals surface area contributed by atoms with Crippen molar-refractivity contribution in [3.05, 3.63) is 94.5 Å². The SMILES string of the molecule is COc1ccccc1C(=O)N/N=C/c1ccc(OCc2ccccc2Cl)cc1. The fraction of sp³-hybridized carbons (Fsp3) is 0.0909. The summed E-state index contributed by atoms with van der Waals surface area (Å²) in [4.78, 5) is 12.2. The topological polar surface area (TPSA) is 59.9 Å².